The van der Waals surface area contributed by atoms with E-state index in [9.17, 15) is 22.4 Å². The van der Waals surface area contributed by atoms with Crippen molar-refractivity contribution < 1.29 is 22.4 Å². The number of hydrogen-bond donors (Lipinski definition) is 1. The van der Waals surface area contributed by atoms with Gasteiger partial charge in [-0.2, -0.15) is 13.2 Å². The number of rotatable bonds is 2. The molecule has 0 spiro atoms. The topological polar surface area (TPSA) is 29.1 Å². The van der Waals surface area contributed by atoms with Crippen molar-refractivity contribution in [3.63, 3.8) is 0 Å². The number of carbonyl (C=O) groups excluding carboxylic acids is 1. The van der Waals surface area contributed by atoms with E-state index in [4.69, 9.17) is 0 Å². The zero-order valence-electron chi connectivity index (χ0n) is 11.0. The molecule has 2 rings (SSSR count). The maximum absolute atomic E-state index is 13.1. The Hall–Kier alpha value is -1.11. The van der Waals surface area contributed by atoms with Crippen LogP contribution in [0.2, 0.25) is 0 Å². The van der Waals surface area contributed by atoms with E-state index in [1.54, 1.807) is 0 Å². The van der Waals surface area contributed by atoms with Gasteiger partial charge >= 0.3 is 6.18 Å². The molecule has 1 N–H and O–H groups in total. The van der Waals surface area contributed by atoms with Crippen LogP contribution in [0.1, 0.15) is 36.0 Å². The molecule has 1 aliphatic rings. The van der Waals surface area contributed by atoms with Crippen molar-refractivity contribution in [2.24, 2.45) is 5.92 Å². The van der Waals surface area contributed by atoms with Gasteiger partial charge in [0, 0.05) is 11.6 Å². The minimum Gasteiger partial charge on any atom is -0.349 e. The first kappa shape index (κ1) is 16.3. The fourth-order valence-electron chi connectivity index (χ4n) is 2.47. The van der Waals surface area contributed by atoms with E-state index in [0.717, 1.165) is 0 Å². The van der Waals surface area contributed by atoms with Crippen molar-refractivity contribution >= 4 is 21.8 Å². The Morgan fingerprint density at radius 3 is 2.33 bits per heavy atom. The maximum atomic E-state index is 13.1. The summed E-state index contributed by atoms with van der Waals surface area (Å²) in [5.41, 5.74) is 0.279. The molecule has 0 radical (unpaired) electrons. The lowest BCUT2D eigenvalue weighted by Crippen LogP contribution is -2.40. The van der Waals surface area contributed by atoms with Gasteiger partial charge in [-0.15, -0.1) is 0 Å². The molecule has 1 aliphatic carbocycles. The van der Waals surface area contributed by atoms with Gasteiger partial charge in [0.05, 0.1) is 10.4 Å². The van der Waals surface area contributed by atoms with Crippen LogP contribution in [0.3, 0.4) is 0 Å². The van der Waals surface area contributed by atoms with Crippen molar-refractivity contribution in [3.8, 4) is 0 Å². The van der Waals surface area contributed by atoms with Gasteiger partial charge in [-0.05, 0) is 59.8 Å². The summed E-state index contributed by atoms with van der Waals surface area (Å²) in [5, 5.41) is 2.70. The lowest BCUT2D eigenvalue weighted by atomic mass is 9.85. The fraction of sp³-hybridized carbons (Fsp3) is 0.500. The summed E-state index contributed by atoms with van der Waals surface area (Å²) in [6.45, 7) is 0. The lowest BCUT2D eigenvalue weighted by Gasteiger charge is -2.30. The van der Waals surface area contributed by atoms with Crippen LogP contribution in [0.4, 0.5) is 17.6 Å². The summed E-state index contributed by atoms with van der Waals surface area (Å²) in [6.07, 6.45) is -3.49. The third-order valence-electron chi connectivity index (χ3n) is 3.71. The predicted molar refractivity (Wildman–Crippen MR) is 73.4 cm³/mol. The summed E-state index contributed by atoms with van der Waals surface area (Å²) in [4.78, 5) is 12.0. The van der Waals surface area contributed by atoms with Gasteiger partial charge in [-0.1, -0.05) is 0 Å². The zero-order chi connectivity index (χ0) is 15.6. The number of amides is 1. The summed E-state index contributed by atoms with van der Waals surface area (Å²) < 4.78 is 50.9. The highest BCUT2D eigenvalue weighted by molar-refractivity contribution is 9.10. The normalized spacial score (nSPS) is 22.9. The van der Waals surface area contributed by atoms with E-state index in [2.05, 4.69) is 21.2 Å². The molecule has 7 heteroatoms. The van der Waals surface area contributed by atoms with E-state index in [1.165, 1.54) is 18.2 Å². The zero-order valence-corrected chi connectivity index (χ0v) is 12.6. The number of hydrogen-bond acceptors (Lipinski definition) is 1. The van der Waals surface area contributed by atoms with Crippen LogP contribution in [-0.2, 0) is 0 Å². The lowest BCUT2D eigenvalue weighted by molar-refractivity contribution is -0.182. The largest absolute Gasteiger partial charge is 0.391 e. The van der Waals surface area contributed by atoms with Crippen LogP contribution in [0, 0.1) is 11.7 Å². The van der Waals surface area contributed by atoms with Gasteiger partial charge in [0.15, 0.2) is 0 Å². The maximum Gasteiger partial charge on any atom is 0.391 e. The van der Waals surface area contributed by atoms with Crippen LogP contribution in [0.5, 0.6) is 0 Å². The summed E-state index contributed by atoms with van der Waals surface area (Å²) in [7, 11) is 0. The monoisotopic (exact) mass is 367 g/mol. The van der Waals surface area contributed by atoms with E-state index >= 15 is 0 Å². The molecule has 0 bridgehead atoms. The molecule has 1 saturated carbocycles. The number of benzene rings is 1. The first-order chi connectivity index (χ1) is 9.77. The molecule has 0 heterocycles. The first-order valence-corrected chi connectivity index (χ1v) is 7.39. The SMILES string of the molecule is O=C(NC1CCC(C(F)(F)F)CC1)c1ccc(F)c(Br)c1. The second-order valence-corrected chi connectivity index (χ2v) is 6.05. The second kappa shape index (κ2) is 6.34. The number of carbonyl (C=O) groups is 1. The molecule has 0 aliphatic heterocycles. The van der Waals surface area contributed by atoms with Crippen molar-refractivity contribution in [3.05, 3.63) is 34.1 Å². The van der Waals surface area contributed by atoms with Crippen LogP contribution >= 0.6 is 15.9 Å². The average Bonchev–Trinajstić information content (AvgIpc) is 2.41. The Balaban J connectivity index is 1.91. The highest BCUT2D eigenvalue weighted by Gasteiger charge is 2.41. The van der Waals surface area contributed by atoms with Crippen molar-refractivity contribution in [1.82, 2.24) is 5.32 Å². The van der Waals surface area contributed by atoms with Gasteiger partial charge in [-0.3, -0.25) is 4.79 Å². The number of halogens is 5. The third-order valence-corrected chi connectivity index (χ3v) is 4.31. The van der Waals surface area contributed by atoms with Crippen molar-refractivity contribution in [1.29, 1.82) is 0 Å². The Bertz CT molecular complexity index is 524. The Morgan fingerprint density at radius 2 is 1.81 bits per heavy atom. The van der Waals surface area contributed by atoms with Crippen molar-refractivity contribution in [2.75, 3.05) is 0 Å². The van der Waals surface area contributed by atoms with Gasteiger partial charge < -0.3 is 5.32 Å². The third kappa shape index (κ3) is 4.18. The van der Waals surface area contributed by atoms with Crippen LogP contribution in [-0.4, -0.2) is 18.1 Å². The molecule has 1 fully saturated rings. The second-order valence-electron chi connectivity index (χ2n) is 5.19. The smallest absolute Gasteiger partial charge is 0.349 e. The summed E-state index contributed by atoms with van der Waals surface area (Å²) >= 11 is 2.99. The minimum absolute atomic E-state index is 0.0293. The van der Waals surface area contributed by atoms with Crippen LogP contribution in [0.25, 0.3) is 0 Å². The van der Waals surface area contributed by atoms with Crippen molar-refractivity contribution in [2.45, 2.75) is 37.9 Å². The predicted octanol–water partition coefficient (Wildman–Crippen LogP) is 4.44. The Labute approximate surface area is 128 Å². The summed E-state index contributed by atoms with van der Waals surface area (Å²) in [6, 6.07) is 3.60. The molecular formula is C14H14BrF4NO. The fourth-order valence-corrected chi connectivity index (χ4v) is 2.85. The highest BCUT2D eigenvalue weighted by atomic mass is 79.9. The molecule has 0 atom stereocenters. The molecular weight excluding hydrogens is 354 g/mol. The number of alkyl halides is 3. The van der Waals surface area contributed by atoms with Gasteiger partial charge in [0.2, 0.25) is 0 Å². The standard InChI is InChI=1S/C14H14BrF4NO/c15-11-7-8(1-6-12(11)16)13(21)20-10-4-2-9(3-5-10)14(17,18)19/h1,6-7,9-10H,2-5H2,(H,20,21). The van der Waals surface area contributed by atoms with E-state index < -0.39 is 23.8 Å². The molecule has 1 aromatic rings. The minimum atomic E-state index is -4.16. The van der Waals surface area contributed by atoms with Gasteiger partial charge in [0.1, 0.15) is 5.82 Å². The van der Waals surface area contributed by atoms with Gasteiger partial charge in [0.25, 0.3) is 5.91 Å². The average molecular weight is 368 g/mol. The molecule has 2 nitrogen and oxygen atoms in total. The molecule has 0 unspecified atom stereocenters. The molecule has 1 aromatic carbocycles. The van der Waals surface area contributed by atoms with Gasteiger partial charge in [-0.25, -0.2) is 4.39 Å². The Kier molecular flexibility index (Phi) is 4.91. The molecule has 21 heavy (non-hydrogen) atoms. The number of nitrogens with one attached hydrogen (secondary N) is 1. The van der Waals surface area contributed by atoms with E-state index in [0.29, 0.717) is 12.8 Å². The molecule has 116 valence electrons. The Morgan fingerprint density at radius 1 is 1.19 bits per heavy atom. The van der Waals surface area contributed by atoms with Crippen LogP contribution < -0.4 is 5.32 Å². The van der Waals surface area contributed by atoms with E-state index in [-0.39, 0.29) is 28.9 Å². The first-order valence-electron chi connectivity index (χ1n) is 6.60. The molecule has 0 saturated heterocycles. The molecule has 1 amide bonds. The quantitative estimate of drug-likeness (QED) is 0.769. The van der Waals surface area contributed by atoms with E-state index in [1.807, 2.05) is 0 Å². The summed E-state index contributed by atoms with van der Waals surface area (Å²) in [5.74, 6) is -2.14. The highest BCUT2D eigenvalue weighted by Crippen LogP contribution is 2.37. The molecule has 0 aromatic heterocycles. The van der Waals surface area contributed by atoms with Crippen LogP contribution in [0.15, 0.2) is 22.7 Å².